The highest BCUT2D eigenvalue weighted by Crippen LogP contribution is 2.17. The van der Waals surface area contributed by atoms with Gasteiger partial charge in [0.25, 0.3) is 0 Å². The van der Waals surface area contributed by atoms with Gasteiger partial charge in [-0.15, -0.1) is 0 Å². The lowest BCUT2D eigenvalue weighted by atomic mass is 10.0. The van der Waals surface area contributed by atoms with E-state index in [0.29, 0.717) is 19.3 Å². The van der Waals surface area contributed by atoms with E-state index in [1.165, 1.54) is 193 Å². The second-order valence-corrected chi connectivity index (χ2v) is 19.9. The van der Waals surface area contributed by atoms with Crippen molar-refractivity contribution in [3.63, 3.8) is 0 Å². The predicted octanol–water partition coefficient (Wildman–Crippen LogP) is 19.7. The monoisotopic (exact) mass is 941 g/mol. The molecule has 0 aromatic rings. The first-order valence-corrected chi connectivity index (χ1v) is 29.5. The highest BCUT2D eigenvalue weighted by molar-refractivity contribution is 5.71. The van der Waals surface area contributed by atoms with Crippen molar-refractivity contribution in [3.8, 4) is 0 Å². The molecule has 0 fully saturated rings. The van der Waals surface area contributed by atoms with E-state index in [4.69, 9.17) is 14.2 Å². The molecular weight excluding hydrogens is 829 g/mol. The maximum atomic E-state index is 12.9. The molecule has 0 spiro atoms. The molecule has 0 heterocycles. The van der Waals surface area contributed by atoms with Gasteiger partial charge in [-0.1, -0.05) is 282 Å². The smallest absolute Gasteiger partial charge is 0.306 e. The van der Waals surface area contributed by atoms with Crippen molar-refractivity contribution in [2.75, 3.05) is 13.2 Å². The molecule has 0 aromatic carbocycles. The molecule has 0 saturated heterocycles. The Morgan fingerprint density at radius 3 is 0.910 bits per heavy atom. The van der Waals surface area contributed by atoms with Gasteiger partial charge in [0.1, 0.15) is 13.2 Å². The zero-order chi connectivity index (χ0) is 48.6. The fraction of sp³-hybridized carbons (Fsp3) is 0.852. The van der Waals surface area contributed by atoms with E-state index < -0.39 is 6.10 Å². The van der Waals surface area contributed by atoms with E-state index in [-0.39, 0.29) is 31.1 Å². The summed E-state index contributed by atoms with van der Waals surface area (Å²) in [6.07, 6.45) is 67.0. The molecule has 0 aliphatic heterocycles. The summed E-state index contributed by atoms with van der Waals surface area (Å²) >= 11 is 0. The lowest BCUT2D eigenvalue weighted by Crippen LogP contribution is -2.30. The van der Waals surface area contributed by atoms with Gasteiger partial charge in [0.2, 0.25) is 0 Å². The topological polar surface area (TPSA) is 78.9 Å². The molecule has 0 aliphatic carbocycles. The van der Waals surface area contributed by atoms with Gasteiger partial charge >= 0.3 is 17.9 Å². The first-order chi connectivity index (χ1) is 33.0. The Morgan fingerprint density at radius 2 is 0.582 bits per heavy atom. The third kappa shape index (κ3) is 54.4. The van der Waals surface area contributed by atoms with Crippen LogP contribution in [-0.2, 0) is 28.6 Å². The summed E-state index contributed by atoms with van der Waals surface area (Å²) in [5.41, 5.74) is 0. The highest BCUT2D eigenvalue weighted by atomic mass is 16.6. The lowest BCUT2D eigenvalue weighted by Gasteiger charge is -2.18. The maximum Gasteiger partial charge on any atom is 0.306 e. The second-order valence-electron chi connectivity index (χ2n) is 19.9. The SMILES string of the molecule is CC/C=C\C/C=C\C/C=C\CCCCCCCCCC(=O)OCC(COC(=O)CCCCCCCCCCCCCCCCC)OC(=O)CCCCCCCCCCCCCCCCCCC. The summed E-state index contributed by atoms with van der Waals surface area (Å²) in [5, 5.41) is 0. The van der Waals surface area contributed by atoms with Gasteiger partial charge < -0.3 is 14.2 Å². The summed E-state index contributed by atoms with van der Waals surface area (Å²) in [4.78, 5) is 38.2. The van der Waals surface area contributed by atoms with E-state index in [1.54, 1.807) is 0 Å². The summed E-state index contributed by atoms with van der Waals surface area (Å²) in [6, 6.07) is 0. The van der Waals surface area contributed by atoms with Crippen molar-refractivity contribution in [3.05, 3.63) is 36.5 Å². The van der Waals surface area contributed by atoms with Crippen LogP contribution in [0.25, 0.3) is 0 Å². The number of carbonyl (C=O) groups is 3. The predicted molar refractivity (Wildman–Crippen MR) is 289 cm³/mol. The third-order valence-corrected chi connectivity index (χ3v) is 13.2. The number of ether oxygens (including phenoxy) is 3. The number of unbranched alkanes of at least 4 members (excludes halogenated alkanes) is 37. The van der Waals surface area contributed by atoms with Crippen molar-refractivity contribution in [1.29, 1.82) is 0 Å². The van der Waals surface area contributed by atoms with Crippen molar-refractivity contribution in [1.82, 2.24) is 0 Å². The number of hydrogen-bond acceptors (Lipinski definition) is 6. The Bertz CT molecular complexity index is 1130. The van der Waals surface area contributed by atoms with Crippen LogP contribution >= 0.6 is 0 Å². The number of carbonyl (C=O) groups excluding carboxylic acids is 3. The summed E-state index contributed by atoms with van der Waals surface area (Å²) < 4.78 is 16.9. The van der Waals surface area contributed by atoms with Gasteiger partial charge in [-0.3, -0.25) is 14.4 Å². The van der Waals surface area contributed by atoms with Crippen LogP contribution in [0.2, 0.25) is 0 Å². The molecule has 0 saturated carbocycles. The summed E-state index contributed by atoms with van der Waals surface area (Å²) in [5.74, 6) is -0.859. The van der Waals surface area contributed by atoms with Crippen LogP contribution in [0.1, 0.15) is 316 Å². The molecule has 67 heavy (non-hydrogen) atoms. The standard InChI is InChI=1S/C61H112O6/c1-4-7-10-13-16-19-22-25-28-30-33-36-39-42-45-48-51-54-60(63)66-57-58(56-65-59(62)53-50-47-44-41-38-35-32-27-24-21-18-15-12-9-6-3)67-61(64)55-52-49-46-43-40-37-34-31-29-26-23-20-17-14-11-8-5-2/h7,10,16,19,25,28,58H,4-6,8-9,11-15,17-18,20-24,26-27,29-57H2,1-3H3/b10-7-,19-16-,28-25-. The quantitative estimate of drug-likeness (QED) is 0.0262. The number of esters is 3. The molecule has 0 amide bonds. The van der Waals surface area contributed by atoms with E-state index in [9.17, 15) is 14.4 Å². The van der Waals surface area contributed by atoms with Crippen molar-refractivity contribution in [2.24, 2.45) is 0 Å². The summed E-state index contributed by atoms with van der Waals surface area (Å²) in [7, 11) is 0. The maximum absolute atomic E-state index is 12.9. The molecule has 0 N–H and O–H groups in total. The average Bonchev–Trinajstić information content (AvgIpc) is 3.33. The number of rotatable bonds is 54. The zero-order valence-electron chi connectivity index (χ0n) is 44.9. The van der Waals surface area contributed by atoms with Crippen molar-refractivity contribution >= 4 is 17.9 Å². The van der Waals surface area contributed by atoms with Gasteiger partial charge in [-0.2, -0.15) is 0 Å². The van der Waals surface area contributed by atoms with Crippen LogP contribution in [0, 0.1) is 0 Å². The van der Waals surface area contributed by atoms with Gasteiger partial charge in [0, 0.05) is 19.3 Å². The van der Waals surface area contributed by atoms with Gasteiger partial charge in [-0.05, 0) is 51.4 Å². The molecule has 6 heteroatoms. The normalized spacial score (nSPS) is 12.2. The van der Waals surface area contributed by atoms with Crippen molar-refractivity contribution in [2.45, 2.75) is 322 Å². The van der Waals surface area contributed by atoms with Crippen LogP contribution < -0.4 is 0 Å². The van der Waals surface area contributed by atoms with Crippen molar-refractivity contribution < 1.29 is 28.6 Å². The first kappa shape index (κ1) is 64.6. The number of hydrogen-bond donors (Lipinski definition) is 0. The minimum absolute atomic E-state index is 0.0700. The molecule has 0 aliphatic rings. The largest absolute Gasteiger partial charge is 0.462 e. The molecule has 0 bridgehead atoms. The van der Waals surface area contributed by atoms with Crippen LogP contribution in [0.5, 0.6) is 0 Å². The molecule has 392 valence electrons. The van der Waals surface area contributed by atoms with Gasteiger partial charge in [-0.25, -0.2) is 0 Å². The van der Waals surface area contributed by atoms with Gasteiger partial charge in [0.15, 0.2) is 6.10 Å². The highest BCUT2D eigenvalue weighted by Gasteiger charge is 2.19. The Kier molecular flexibility index (Phi) is 54.2. The van der Waals surface area contributed by atoms with Gasteiger partial charge in [0.05, 0.1) is 0 Å². The Morgan fingerprint density at radius 1 is 0.313 bits per heavy atom. The van der Waals surface area contributed by atoms with E-state index in [2.05, 4.69) is 57.2 Å². The van der Waals surface area contributed by atoms with Crippen LogP contribution in [-0.4, -0.2) is 37.2 Å². The van der Waals surface area contributed by atoms with E-state index >= 15 is 0 Å². The van der Waals surface area contributed by atoms with E-state index in [1.807, 2.05) is 0 Å². The minimum atomic E-state index is -0.772. The zero-order valence-corrected chi connectivity index (χ0v) is 44.9. The van der Waals surface area contributed by atoms with Crippen LogP contribution in [0.15, 0.2) is 36.5 Å². The average molecular weight is 942 g/mol. The minimum Gasteiger partial charge on any atom is -0.462 e. The Balaban J connectivity index is 4.34. The molecule has 0 aromatic heterocycles. The molecule has 6 nitrogen and oxygen atoms in total. The third-order valence-electron chi connectivity index (χ3n) is 13.2. The molecular formula is C61H112O6. The molecule has 0 radical (unpaired) electrons. The number of allylic oxidation sites excluding steroid dienone is 6. The fourth-order valence-corrected chi connectivity index (χ4v) is 8.75. The van der Waals surface area contributed by atoms with Crippen LogP contribution in [0.4, 0.5) is 0 Å². The molecule has 1 unspecified atom stereocenters. The molecule has 0 rings (SSSR count). The first-order valence-electron chi connectivity index (χ1n) is 29.5. The summed E-state index contributed by atoms with van der Waals surface area (Å²) in [6.45, 7) is 6.57. The Hall–Kier alpha value is -2.37. The van der Waals surface area contributed by atoms with E-state index in [0.717, 1.165) is 83.5 Å². The molecule has 1 atom stereocenters. The lowest BCUT2D eigenvalue weighted by molar-refractivity contribution is -0.167. The fourth-order valence-electron chi connectivity index (χ4n) is 8.75. The second kappa shape index (κ2) is 56.2. The Labute approximate surface area is 416 Å². The van der Waals surface area contributed by atoms with Crippen LogP contribution in [0.3, 0.4) is 0 Å².